The first-order valence-corrected chi connectivity index (χ1v) is 6.26. The van der Waals surface area contributed by atoms with E-state index < -0.39 is 35.0 Å². The minimum atomic E-state index is -2.17. The van der Waals surface area contributed by atoms with Crippen LogP contribution in [-0.2, 0) is 19.1 Å². The maximum Gasteiger partial charge on any atom is 0.280 e. The number of amides is 2. The molecule has 4 N–H and O–H groups in total. The number of carbonyl (C=O) groups is 2. The smallest absolute Gasteiger partial charge is 0.280 e. The third kappa shape index (κ3) is 1.56. The second-order valence-corrected chi connectivity index (χ2v) is 5.56. The van der Waals surface area contributed by atoms with E-state index in [1.54, 1.807) is 6.92 Å². The van der Waals surface area contributed by atoms with Crippen LogP contribution in [0.15, 0.2) is 12.2 Å². The molecule has 8 nitrogen and oxygen atoms in total. The van der Waals surface area contributed by atoms with E-state index in [9.17, 15) is 19.8 Å². The molecule has 2 amide bonds. The molecule has 0 aromatic carbocycles. The van der Waals surface area contributed by atoms with Gasteiger partial charge in [-0.3, -0.25) is 9.59 Å². The van der Waals surface area contributed by atoms with Gasteiger partial charge in [-0.05, 0) is 18.9 Å². The van der Waals surface area contributed by atoms with Crippen molar-refractivity contribution in [2.45, 2.75) is 36.5 Å². The van der Waals surface area contributed by atoms with Crippen molar-refractivity contribution in [1.82, 2.24) is 10.6 Å². The first-order chi connectivity index (χ1) is 9.25. The summed E-state index contributed by atoms with van der Waals surface area (Å²) in [5.74, 6) is -1.71. The molecule has 0 saturated carbocycles. The highest BCUT2D eigenvalue weighted by atomic mass is 16.6. The van der Waals surface area contributed by atoms with Crippen molar-refractivity contribution in [2.75, 3.05) is 13.2 Å². The van der Waals surface area contributed by atoms with Gasteiger partial charge >= 0.3 is 0 Å². The lowest BCUT2D eigenvalue weighted by Gasteiger charge is -2.48. The number of piperazine rings is 1. The molecular weight excluding hydrogens is 268 g/mol. The highest BCUT2D eigenvalue weighted by molar-refractivity contribution is 6.03. The van der Waals surface area contributed by atoms with Crippen LogP contribution < -0.4 is 10.6 Å². The molecule has 0 spiro atoms. The Morgan fingerprint density at radius 2 is 1.95 bits per heavy atom. The Kier molecular flexibility index (Phi) is 2.56. The topological polar surface area (TPSA) is 120 Å². The summed E-state index contributed by atoms with van der Waals surface area (Å²) < 4.78 is 10.6. The van der Waals surface area contributed by atoms with E-state index in [1.165, 1.54) is 0 Å². The molecule has 0 aromatic heterocycles. The standard InChI is InChI=1S/C12H16N2O6/c1-6-3-4-19-12(7(15)10(2)5-20-10)9(17)13-11(6,18)8(16)14-12/h7,15,18H,1,3-5H2,2H3,(H,13,17)(H,14,16)/t7-,10-,11+,12-/m0/s1. The second kappa shape index (κ2) is 3.79. The van der Waals surface area contributed by atoms with Crippen LogP contribution in [0, 0.1) is 0 Å². The van der Waals surface area contributed by atoms with Crippen LogP contribution in [0.1, 0.15) is 13.3 Å². The molecule has 110 valence electrons. The molecule has 0 aromatic rings. The fourth-order valence-electron chi connectivity index (χ4n) is 2.47. The van der Waals surface area contributed by atoms with Gasteiger partial charge in [0, 0.05) is 0 Å². The first kappa shape index (κ1) is 13.5. The number of fused-ring (bicyclic) bond motifs is 5. The zero-order chi connectivity index (χ0) is 14.8. The van der Waals surface area contributed by atoms with Crippen molar-refractivity contribution in [2.24, 2.45) is 0 Å². The summed E-state index contributed by atoms with van der Waals surface area (Å²) in [6, 6.07) is 0. The molecule has 20 heavy (non-hydrogen) atoms. The Bertz CT molecular complexity index is 516. The number of carbonyl (C=O) groups excluding carboxylic acids is 2. The van der Waals surface area contributed by atoms with Crippen molar-refractivity contribution in [3.63, 3.8) is 0 Å². The molecule has 2 bridgehead atoms. The van der Waals surface area contributed by atoms with Crippen LogP contribution in [-0.4, -0.2) is 58.4 Å². The van der Waals surface area contributed by atoms with Gasteiger partial charge in [0.25, 0.3) is 17.5 Å². The molecular formula is C12H16N2O6. The normalized spacial score (nSPS) is 45.2. The summed E-state index contributed by atoms with van der Waals surface area (Å²) in [5, 5.41) is 25.1. The van der Waals surface area contributed by atoms with Crippen LogP contribution in [0.3, 0.4) is 0 Å². The van der Waals surface area contributed by atoms with E-state index in [4.69, 9.17) is 9.47 Å². The van der Waals surface area contributed by atoms with Crippen LogP contribution in [0.4, 0.5) is 0 Å². The van der Waals surface area contributed by atoms with Crippen LogP contribution in [0.25, 0.3) is 0 Å². The Morgan fingerprint density at radius 3 is 2.55 bits per heavy atom. The molecule has 0 radical (unpaired) electrons. The van der Waals surface area contributed by atoms with Crippen molar-refractivity contribution in [3.8, 4) is 0 Å². The summed E-state index contributed by atoms with van der Waals surface area (Å²) >= 11 is 0. The van der Waals surface area contributed by atoms with Gasteiger partial charge in [-0.25, -0.2) is 0 Å². The summed E-state index contributed by atoms with van der Waals surface area (Å²) in [6.45, 7) is 5.47. The zero-order valence-electron chi connectivity index (χ0n) is 10.9. The SMILES string of the molecule is C=C1CCO[C@]2([C@@H](O)[C@]3(C)CO3)NC(=O)[C@@]1(O)NC2=O. The molecule has 4 aliphatic rings. The number of rotatable bonds is 2. The molecule has 0 aliphatic carbocycles. The number of aliphatic hydroxyl groups is 2. The average Bonchev–Trinajstić information content (AvgIpc) is 3.12. The Labute approximate surface area is 114 Å². The largest absolute Gasteiger partial charge is 0.384 e. The molecule has 4 saturated heterocycles. The lowest BCUT2D eigenvalue weighted by Crippen LogP contribution is -2.81. The van der Waals surface area contributed by atoms with Gasteiger partial charge in [0.05, 0.1) is 13.2 Å². The van der Waals surface area contributed by atoms with Gasteiger partial charge in [-0.2, -0.15) is 0 Å². The fraction of sp³-hybridized carbons (Fsp3) is 0.667. The van der Waals surface area contributed by atoms with Crippen molar-refractivity contribution < 1.29 is 29.3 Å². The van der Waals surface area contributed by atoms with Gasteiger partial charge in [0.1, 0.15) is 11.7 Å². The zero-order valence-corrected chi connectivity index (χ0v) is 10.9. The molecule has 4 fully saturated rings. The van der Waals surface area contributed by atoms with Crippen LogP contribution >= 0.6 is 0 Å². The summed E-state index contributed by atoms with van der Waals surface area (Å²) in [4.78, 5) is 24.4. The predicted octanol–water partition coefficient (Wildman–Crippen LogP) is -2.26. The lowest BCUT2D eigenvalue weighted by atomic mass is 9.87. The van der Waals surface area contributed by atoms with E-state index in [0.29, 0.717) is 0 Å². The van der Waals surface area contributed by atoms with Gasteiger partial charge in [0.15, 0.2) is 0 Å². The molecule has 8 heteroatoms. The highest BCUT2D eigenvalue weighted by Gasteiger charge is 2.66. The van der Waals surface area contributed by atoms with Gasteiger partial charge in [-0.15, -0.1) is 0 Å². The van der Waals surface area contributed by atoms with E-state index in [-0.39, 0.29) is 25.2 Å². The van der Waals surface area contributed by atoms with Crippen molar-refractivity contribution in [1.29, 1.82) is 0 Å². The van der Waals surface area contributed by atoms with E-state index in [1.807, 2.05) is 0 Å². The third-order valence-corrected chi connectivity index (χ3v) is 4.07. The lowest BCUT2D eigenvalue weighted by molar-refractivity contribution is -0.209. The maximum absolute atomic E-state index is 12.3. The number of aliphatic hydroxyl groups excluding tert-OH is 1. The van der Waals surface area contributed by atoms with E-state index in [2.05, 4.69) is 17.2 Å². The monoisotopic (exact) mass is 284 g/mol. The fourth-order valence-corrected chi connectivity index (χ4v) is 2.47. The summed E-state index contributed by atoms with van der Waals surface area (Å²) in [7, 11) is 0. The van der Waals surface area contributed by atoms with Crippen LogP contribution in [0.5, 0.6) is 0 Å². The Hall–Kier alpha value is -1.48. The number of ether oxygens (including phenoxy) is 2. The summed E-state index contributed by atoms with van der Waals surface area (Å²) in [6.07, 6.45) is -1.22. The number of nitrogens with one attached hydrogen (secondary N) is 2. The third-order valence-electron chi connectivity index (χ3n) is 4.07. The van der Waals surface area contributed by atoms with Crippen molar-refractivity contribution in [3.05, 3.63) is 12.2 Å². The second-order valence-electron chi connectivity index (χ2n) is 5.56. The minimum Gasteiger partial charge on any atom is -0.384 e. The van der Waals surface area contributed by atoms with Gasteiger partial charge < -0.3 is 30.3 Å². The minimum absolute atomic E-state index is 0.0297. The van der Waals surface area contributed by atoms with E-state index >= 15 is 0 Å². The number of hydrogen-bond donors (Lipinski definition) is 4. The Balaban J connectivity index is 2.02. The number of epoxide rings is 1. The maximum atomic E-state index is 12.3. The summed E-state index contributed by atoms with van der Waals surface area (Å²) in [5.41, 5.74) is -4.97. The van der Waals surface area contributed by atoms with Gasteiger partial charge in [0.2, 0.25) is 5.72 Å². The Morgan fingerprint density at radius 1 is 1.30 bits per heavy atom. The van der Waals surface area contributed by atoms with E-state index in [0.717, 1.165) is 0 Å². The quantitative estimate of drug-likeness (QED) is 0.336. The molecule has 4 atom stereocenters. The highest BCUT2D eigenvalue weighted by Crippen LogP contribution is 2.39. The van der Waals surface area contributed by atoms with Crippen LogP contribution in [0.2, 0.25) is 0 Å². The number of hydrogen-bond acceptors (Lipinski definition) is 6. The first-order valence-electron chi connectivity index (χ1n) is 6.26. The predicted molar refractivity (Wildman–Crippen MR) is 64.0 cm³/mol. The average molecular weight is 284 g/mol. The van der Waals surface area contributed by atoms with Crippen molar-refractivity contribution >= 4 is 11.8 Å². The molecule has 4 rings (SSSR count). The molecule has 4 aliphatic heterocycles. The molecule has 4 heterocycles. The molecule has 0 unspecified atom stereocenters. The van der Waals surface area contributed by atoms with Gasteiger partial charge in [-0.1, -0.05) is 6.58 Å².